The van der Waals surface area contributed by atoms with Gasteiger partial charge in [0.1, 0.15) is 5.82 Å². The zero-order valence-electron chi connectivity index (χ0n) is 14.4. The number of carbonyl (C=O) groups excluding carboxylic acids is 1. The van der Waals surface area contributed by atoms with Crippen LogP contribution in [0.2, 0.25) is 0 Å². The van der Waals surface area contributed by atoms with Gasteiger partial charge >= 0.3 is 0 Å². The Bertz CT molecular complexity index is 1100. The Kier molecular flexibility index (Phi) is 4.60. The molecule has 8 heteroatoms. The van der Waals surface area contributed by atoms with Gasteiger partial charge in [-0.25, -0.2) is 13.4 Å². The molecule has 0 aliphatic carbocycles. The molecule has 0 aliphatic rings. The van der Waals surface area contributed by atoms with Crippen molar-refractivity contribution in [1.29, 1.82) is 0 Å². The minimum absolute atomic E-state index is 0.0610. The second-order valence-corrected chi connectivity index (χ2v) is 7.97. The number of pyridine rings is 2. The van der Waals surface area contributed by atoms with Crippen LogP contribution in [0, 0.1) is 0 Å². The van der Waals surface area contributed by atoms with Gasteiger partial charge in [0.25, 0.3) is 0 Å². The third-order valence-corrected chi connectivity index (χ3v) is 5.09. The van der Waals surface area contributed by atoms with E-state index in [4.69, 9.17) is 5.73 Å². The molecule has 0 unspecified atom stereocenters. The van der Waals surface area contributed by atoms with E-state index < -0.39 is 9.84 Å². The van der Waals surface area contributed by atoms with Crippen LogP contribution < -0.4 is 10.6 Å². The van der Waals surface area contributed by atoms with Gasteiger partial charge in [-0.15, -0.1) is 0 Å². The third-order valence-electron chi connectivity index (χ3n) is 3.95. The summed E-state index contributed by atoms with van der Waals surface area (Å²) >= 11 is 0. The lowest BCUT2D eigenvalue weighted by atomic mass is 10.1. The fraction of sp³-hybridized carbons (Fsp3) is 0.167. The number of hydrogen-bond acceptors (Lipinski definition) is 6. The molecule has 2 N–H and O–H groups in total. The van der Waals surface area contributed by atoms with E-state index in [1.807, 2.05) is 24.3 Å². The fourth-order valence-electron chi connectivity index (χ4n) is 2.72. The van der Waals surface area contributed by atoms with Crippen LogP contribution in [0.4, 0.5) is 11.5 Å². The maximum atomic E-state index is 12.2. The Morgan fingerprint density at radius 3 is 2.62 bits per heavy atom. The minimum Gasteiger partial charge on any atom is -0.384 e. The first-order valence-electron chi connectivity index (χ1n) is 7.83. The Morgan fingerprint density at radius 1 is 1.19 bits per heavy atom. The van der Waals surface area contributed by atoms with Gasteiger partial charge in [0.2, 0.25) is 5.91 Å². The molecule has 0 radical (unpaired) electrons. The quantitative estimate of drug-likeness (QED) is 0.754. The van der Waals surface area contributed by atoms with Gasteiger partial charge in [0, 0.05) is 24.8 Å². The van der Waals surface area contributed by atoms with Crippen molar-refractivity contribution in [3.8, 4) is 0 Å². The molecule has 0 spiro atoms. The van der Waals surface area contributed by atoms with E-state index in [-0.39, 0.29) is 23.0 Å². The van der Waals surface area contributed by atoms with Gasteiger partial charge in [-0.05, 0) is 29.8 Å². The monoisotopic (exact) mass is 370 g/mol. The van der Waals surface area contributed by atoms with Crippen molar-refractivity contribution in [2.45, 2.75) is 18.4 Å². The number of rotatable bonds is 4. The van der Waals surface area contributed by atoms with Gasteiger partial charge in [0.05, 0.1) is 28.8 Å². The van der Waals surface area contributed by atoms with Crippen LogP contribution in [0.5, 0.6) is 0 Å². The molecule has 7 nitrogen and oxygen atoms in total. The highest BCUT2D eigenvalue weighted by Crippen LogP contribution is 2.26. The molecule has 0 bridgehead atoms. The Hall–Kier alpha value is -3.00. The predicted octanol–water partition coefficient (Wildman–Crippen LogP) is 2.17. The lowest BCUT2D eigenvalue weighted by Gasteiger charge is -2.23. The molecule has 0 fully saturated rings. The molecule has 2 heterocycles. The van der Waals surface area contributed by atoms with Crippen LogP contribution >= 0.6 is 0 Å². The summed E-state index contributed by atoms with van der Waals surface area (Å²) in [5.74, 6) is 0.119. The highest BCUT2D eigenvalue weighted by Gasteiger charge is 2.21. The van der Waals surface area contributed by atoms with Crippen LogP contribution in [0.1, 0.15) is 12.5 Å². The Morgan fingerprint density at radius 2 is 1.92 bits per heavy atom. The molecule has 0 aliphatic heterocycles. The largest absolute Gasteiger partial charge is 0.384 e. The summed E-state index contributed by atoms with van der Waals surface area (Å²) in [5, 5.41) is 0.926. The number of carbonyl (C=O) groups is 1. The highest BCUT2D eigenvalue weighted by atomic mass is 32.2. The van der Waals surface area contributed by atoms with Crippen LogP contribution in [0.15, 0.2) is 53.7 Å². The summed E-state index contributed by atoms with van der Waals surface area (Å²) in [6.45, 7) is 1.58. The number of sulfone groups is 1. The van der Waals surface area contributed by atoms with E-state index in [2.05, 4.69) is 9.97 Å². The number of fused-ring (bicyclic) bond motifs is 1. The molecule has 26 heavy (non-hydrogen) atoms. The van der Waals surface area contributed by atoms with Gasteiger partial charge < -0.3 is 10.6 Å². The zero-order chi connectivity index (χ0) is 18.9. The van der Waals surface area contributed by atoms with Crippen molar-refractivity contribution in [3.63, 3.8) is 0 Å². The van der Waals surface area contributed by atoms with Gasteiger partial charge in [0.15, 0.2) is 9.84 Å². The van der Waals surface area contributed by atoms with Crippen molar-refractivity contribution >= 4 is 38.2 Å². The van der Waals surface area contributed by atoms with Gasteiger partial charge in [-0.1, -0.05) is 12.1 Å². The van der Waals surface area contributed by atoms with E-state index >= 15 is 0 Å². The summed E-state index contributed by atoms with van der Waals surface area (Å²) in [6, 6.07) is 10.6. The first-order valence-corrected chi connectivity index (χ1v) is 9.72. The Labute approximate surface area is 151 Å². The summed E-state index contributed by atoms with van der Waals surface area (Å²) < 4.78 is 24.1. The second kappa shape index (κ2) is 6.72. The van der Waals surface area contributed by atoms with Gasteiger partial charge in [-0.2, -0.15) is 0 Å². The lowest BCUT2D eigenvalue weighted by Crippen LogP contribution is -2.29. The average Bonchev–Trinajstić information content (AvgIpc) is 2.58. The molecule has 3 rings (SSSR count). The normalized spacial score (nSPS) is 11.5. The minimum atomic E-state index is -3.51. The Balaban J connectivity index is 2.05. The number of nitrogens with two attached hydrogens (primary N) is 1. The summed E-state index contributed by atoms with van der Waals surface area (Å²) in [6.07, 6.45) is 3.88. The van der Waals surface area contributed by atoms with Gasteiger partial charge in [-0.3, -0.25) is 9.78 Å². The number of aromatic nitrogens is 2. The summed E-state index contributed by atoms with van der Waals surface area (Å²) in [5.41, 5.74) is 7.49. The van der Waals surface area contributed by atoms with Crippen molar-refractivity contribution in [2.24, 2.45) is 0 Å². The summed E-state index contributed by atoms with van der Waals surface area (Å²) in [7, 11) is -3.51. The molecule has 0 atom stereocenters. The average molecular weight is 370 g/mol. The number of nitrogen functional groups attached to an aromatic ring is 1. The summed E-state index contributed by atoms with van der Waals surface area (Å²) in [4.78, 5) is 21.9. The number of anilines is 2. The highest BCUT2D eigenvalue weighted by molar-refractivity contribution is 7.90. The van der Waals surface area contributed by atoms with E-state index in [1.54, 1.807) is 6.07 Å². The molecule has 0 saturated carbocycles. The molecule has 1 amide bonds. The fourth-order valence-corrected chi connectivity index (χ4v) is 3.57. The van der Waals surface area contributed by atoms with E-state index in [1.165, 1.54) is 30.3 Å². The SMILES string of the molecule is CC(=O)N(Cc1ccc2ccc(N)nc2c1)c1cnccc1S(C)(=O)=O. The third kappa shape index (κ3) is 3.65. The van der Waals surface area contributed by atoms with Crippen LogP contribution in [0.3, 0.4) is 0 Å². The van der Waals surface area contributed by atoms with Crippen molar-refractivity contribution < 1.29 is 13.2 Å². The van der Waals surface area contributed by atoms with Crippen molar-refractivity contribution in [3.05, 3.63) is 54.4 Å². The number of amides is 1. The number of nitrogens with zero attached hydrogens (tertiary/aromatic N) is 3. The topological polar surface area (TPSA) is 106 Å². The first kappa shape index (κ1) is 17.8. The van der Waals surface area contributed by atoms with Crippen molar-refractivity contribution in [2.75, 3.05) is 16.9 Å². The number of benzene rings is 1. The predicted molar refractivity (Wildman–Crippen MR) is 100 cm³/mol. The molecular weight excluding hydrogens is 352 g/mol. The zero-order valence-corrected chi connectivity index (χ0v) is 15.2. The molecule has 134 valence electrons. The maximum absolute atomic E-state index is 12.2. The standard InChI is InChI=1S/C18H18N4O3S/c1-12(23)22(16-10-20-8-7-17(16)26(2,24)25)11-13-3-4-14-5-6-18(19)21-15(14)9-13/h3-10H,11H2,1-2H3,(H2,19,21). The second-order valence-electron chi connectivity index (χ2n) is 5.98. The molecule has 3 aromatic rings. The smallest absolute Gasteiger partial charge is 0.224 e. The van der Waals surface area contributed by atoms with E-state index in [0.29, 0.717) is 11.3 Å². The molecule has 2 aromatic heterocycles. The first-order chi connectivity index (χ1) is 12.3. The molecular formula is C18H18N4O3S. The lowest BCUT2D eigenvalue weighted by molar-refractivity contribution is -0.116. The van der Waals surface area contributed by atoms with Crippen molar-refractivity contribution in [1.82, 2.24) is 9.97 Å². The maximum Gasteiger partial charge on any atom is 0.224 e. The van der Waals surface area contributed by atoms with Crippen LogP contribution in [-0.4, -0.2) is 30.5 Å². The van der Waals surface area contributed by atoms with Crippen LogP contribution in [0.25, 0.3) is 10.9 Å². The van der Waals surface area contributed by atoms with E-state index in [0.717, 1.165) is 17.2 Å². The van der Waals surface area contributed by atoms with E-state index in [9.17, 15) is 13.2 Å². The molecule has 1 aromatic carbocycles. The molecule has 0 saturated heterocycles. The van der Waals surface area contributed by atoms with Crippen LogP contribution in [-0.2, 0) is 21.2 Å². The number of hydrogen-bond donors (Lipinski definition) is 1.